The standard InChI is InChI=1S/C19H19N3/c1-3-7-15(8-4-1)11-12-17-14-22(21-20-17)19-13-18(19)16-9-5-2-6-10-16/h1-10,14,18-19H,11-13H2/t18-,19+/m1/s1. The molecule has 1 heterocycles. The molecule has 1 fully saturated rings. The van der Waals surface area contributed by atoms with Crippen LogP contribution in [0.25, 0.3) is 0 Å². The first-order valence-corrected chi connectivity index (χ1v) is 7.90. The monoisotopic (exact) mass is 289 g/mol. The van der Waals surface area contributed by atoms with Crippen LogP contribution >= 0.6 is 0 Å². The van der Waals surface area contributed by atoms with Gasteiger partial charge in [-0.3, -0.25) is 0 Å². The maximum Gasteiger partial charge on any atom is 0.0830 e. The molecule has 1 aliphatic carbocycles. The summed E-state index contributed by atoms with van der Waals surface area (Å²) in [7, 11) is 0. The molecule has 110 valence electrons. The number of benzene rings is 2. The van der Waals surface area contributed by atoms with Gasteiger partial charge < -0.3 is 0 Å². The fourth-order valence-electron chi connectivity index (χ4n) is 3.04. The van der Waals surface area contributed by atoms with E-state index in [4.69, 9.17) is 0 Å². The van der Waals surface area contributed by atoms with Gasteiger partial charge in [-0.25, -0.2) is 4.68 Å². The van der Waals surface area contributed by atoms with Crippen molar-refractivity contribution in [2.45, 2.75) is 31.2 Å². The van der Waals surface area contributed by atoms with Gasteiger partial charge in [0, 0.05) is 12.1 Å². The van der Waals surface area contributed by atoms with E-state index in [1.54, 1.807) is 0 Å². The largest absolute Gasteiger partial charge is 0.249 e. The van der Waals surface area contributed by atoms with Crippen molar-refractivity contribution < 1.29 is 0 Å². The Morgan fingerprint density at radius 3 is 2.41 bits per heavy atom. The molecule has 0 unspecified atom stereocenters. The highest BCUT2D eigenvalue weighted by Gasteiger charge is 2.40. The highest BCUT2D eigenvalue weighted by molar-refractivity contribution is 5.26. The summed E-state index contributed by atoms with van der Waals surface area (Å²) >= 11 is 0. The SMILES string of the molecule is c1ccc(CCc2cn([C@H]3C[C@@H]3c3ccccc3)nn2)cc1. The van der Waals surface area contributed by atoms with Crippen molar-refractivity contribution in [2.24, 2.45) is 0 Å². The topological polar surface area (TPSA) is 30.7 Å². The van der Waals surface area contributed by atoms with Crippen LogP contribution in [0.2, 0.25) is 0 Å². The molecule has 4 rings (SSSR count). The van der Waals surface area contributed by atoms with E-state index in [1.807, 2.05) is 0 Å². The number of hydrogen-bond donors (Lipinski definition) is 0. The molecule has 0 spiro atoms. The van der Waals surface area contributed by atoms with Crippen LogP contribution in [0.5, 0.6) is 0 Å². The Balaban J connectivity index is 1.39. The number of aromatic nitrogens is 3. The zero-order valence-corrected chi connectivity index (χ0v) is 12.5. The Bertz CT molecular complexity index is 734. The molecule has 1 aromatic heterocycles. The fraction of sp³-hybridized carbons (Fsp3) is 0.263. The van der Waals surface area contributed by atoms with Gasteiger partial charge in [0.05, 0.1) is 11.7 Å². The van der Waals surface area contributed by atoms with E-state index in [-0.39, 0.29) is 0 Å². The van der Waals surface area contributed by atoms with Gasteiger partial charge in [0.15, 0.2) is 0 Å². The summed E-state index contributed by atoms with van der Waals surface area (Å²) < 4.78 is 2.05. The Labute approximate surface area is 130 Å². The molecule has 0 aliphatic heterocycles. The van der Waals surface area contributed by atoms with Gasteiger partial charge >= 0.3 is 0 Å². The molecule has 0 saturated heterocycles. The minimum atomic E-state index is 0.486. The van der Waals surface area contributed by atoms with E-state index in [9.17, 15) is 0 Å². The molecule has 22 heavy (non-hydrogen) atoms. The molecule has 0 amide bonds. The van der Waals surface area contributed by atoms with Gasteiger partial charge in [0.2, 0.25) is 0 Å². The van der Waals surface area contributed by atoms with Gasteiger partial charge in [-0.05, 0) is 30.4 Å². The summed E-state index contributed by atoms with van der Waals surface area (Å²) in [6, 6.07) is 21.7. The van der Waals surface area contributed by atoms with Crippen molar-refractivity contribution in [3.63, 3.8) is 0 Å². The minimum Gasteiger partial charge on any atom is -0.249 e. The van der Waals surface area contributed by atoms with Crippen LogP contribution in [-0.2, 0) is 12.8 Å². The molecule has 0 N–H and O–H groups in total. The molecular formula is C19H19N3. The summed E-state index contributed by atoms with van der Waals surface area (Å²) in [5.41, 5.74) is 3.85. The van der Waals surface area contributed by atoms with Crippen LogP contribution in [0.1, 0.15) is 35.2 Å². The third-order valence-corrected chi connectivity index (χ3v) is 4.39. The Kier molecular flexibility index (Phi) is 3.47. The Morgan fingerprint density at radius 1 is 0.909 bits per heavy atom. The summed E-state index contributed by atoms with van der Waals surface area (Å²) in [5, 5.41) is 8.67. The third-order valence-electron chi connectivity index (χ3n) is 4.39. The van der Waals surface area contributed by atoms with Crippen molar-refractivity contribution in [2.75, 3.05) is 0 Å². The van der Waals surface area contributed by atoms with Gasteiger partial charge in [-0.1, -0.05) is 65.9 Å². The number of aryl methyl sites for hydroxylation is 2. The van der Waals surface area contributed by atoms with Crippen LogP contribution in [-0.4, -0.2) is 15.0 Å². The highest BCUT2D eigenvalue weighted by Crippen LogP contribution is 2.50. The lowest BCUT2D eigenvalue weighted by atomic mass is 10.1. The maximum absolute atomic E-state index is 4.33. The van der Waals surface area contributed by atoms with E-state index in [2.05, 4.69) is 81.9 Å². The number of hydrogen-bond acceptors (Lipinski definition) is 2. The summed E-state index contributed by atoms with van der Waals surface area (Å²) in [5.74, 6) is 0.602. The molecule has 3 heteroatoms. The van der Waals surface area contributed by atoms with E-state index < -0.39 is 0 Å². The predicted octanol–water partition coefficient (Wildman–Crippen LogP) is 3.79. The molecule has 3 nitrogen and oxygen atoms in total. The Hall–Kier alpha value is -2.42. The first kappa shape index (κ1) is 13.3. The van der Waals surface area contributed by atoms with E-state index in [1.165, 1.54) is 17.5 Å². The van der Waals surface area contributed by atoms with Crippen LogP contribution in [0.3, 0.4) is 0 Å². The van der Waals surface area contributed by atoms with E-state index in [0.717, 1.165) is 18.5 Å². The summed E-state index contributed by atoms with van der Waals surface area (Å²) in [4.78, 5) is 0. The Morgan fingerprint density at radius 2 is 1.64 bits per heavy atom. The molecule has 3 aromatic rings. The van der Waals surface area contributed by atoms with Gasteiger partial charge in [0.25, 0.3) is 0 Å². The molecule has 0 radical (unpaired) electrons. The summed E-state index contributed by atoms with van der Waals surface area (Å²) in [6.07, 6.45) is 5.26. The molecular weight excluding hydrogens is 270 g/mol. The average molecular weight is 289 g/mol. The van der Waals surface area contributed by atoms with Crippen LogP contribution < -0.4 is 0 Å². The molecule has 0 bridgehead atoms. The quantitative estimate of drug-likeness (QED) is 0.715. The van der Waals surface area contributed by atoms with Crippen LogP contribution in [0, 0.1) is 0 Å². The van der Waals surface area contributed by atoms with Crippen molar-refractivity contribution in [1.29, 1.82) is 0 Å². The summed E-state index contributed by atoms with van der Waals surface area (Å²) in [6.45, 7) is 0. The lowest BCUT2D eigenvalue weighted by Gasteiger charge is -2.00. The zero-order valence-electron chi connectivity index (χ0n) is 12.5. The molecule has 1 aliphatic rings. The van der Waals surface area contributed by atoms with E-state index >= 15 is 0 Å². The average Bonchev–Trinajstić information content (AvgIpc) is 3.25. The van der Waals surface area contributed by atoms with Gasteiger partial charge in [-0.15, -0.1) is 5.10 Å². The van der Waals surface area contributed by atoms with Crippen molar-refractivity contribution in [1.82, 2.24) is 15.0 Å². The van der Waals surface area contributed by atoms with Crippen molar-refractivity contribution >= 4 is 0 Å². The molecule has 1 saturated carbocycles. The van der Waals surface area contributed by atoms with Gasteiger partial charge in [-0.2, -0.15) is 0 Å². The smallest absolute Gasteiger partial charge is 0.0830 e. The minimum absolute atomic E-state index is 0.486. The molecule has 2 atom stereocenters. The van der Waals surface area contributed by atoms with Crippen LogP contribution in [0.4, 0.5) is 0 Å². The third kappa shape index (κ3) is 2.80. The van der Waals surface area contributed by atoms with E-state index in [0.29, 0.717) is 12.0 Å². The zero-order chi connectivity index (χ0) is 14.8. The van der Waals surface area contributed by atoms with Crippen molar-refractivity contribution in [3.8, 4) is 0 Å². The highest BCUT2D eigenvalue weighted by atomic mass is 15.4. The maximum atomic E-state index is 4.33. The van der Waals surface area contributed by atoms with Gasteiger partial charge in [0.1, 0.15) is 0 Å². The predicted molar refractivity (Wildman–Crippen MR) is 86.7 cm³/mol. The first-order chi connectivity index (χ1) is 10.9. The second-order valence-corrected chi connectivity index (χ2v) is 6.00. The number of nitrogens with zero attached hydrogens (tertiary/aromatic N) is 3. The second-order valence-electron chi connectivity index (χ2n) is 6.00. The fourth-order valence-corrected chi connectivity index (χ4v) is 3.04. The van der Waals surface area contributed by atoms with Crippen LogP contribution in [0.15, 0.2) is 66.9 Å². The number of rotatable bonds is 5. The lowest BCUT2D eigenvalue weighted by Crippen LogP contribution is -1.96. The molecule has 2 aromatic carbocycles. The van der Waals surface area contributed by atoms with Crippen molar-refractivity contribution in [3.05, 3.63) is 83.7 Å². The second kappa shape index (κ2) is 5.76. The normalized spacial score (nSPS) is 20.0. The lowest BCUT2D eigenvalue weighted by molar-refractivity contribution is 0.597. The first-order valence-electron chi connectivity index (χ1n) is 7.90.